The first-order valence-corrected chi connectivity index (χ1v) is 4.71. The maximum Gasteiger partial charge on any atom is 0.250 e. The smallest absolute Gasteiger partial charge is 0.250 e. The van der Waals surface area contributed by atoms with Crippen molar-refractivity contribution in [2.45, 2.75) is 0 Å². The van der Waals surface area contributed by atoms with Crippen LogP contribution in [0.2, 0.25) is 4.34 Å². The lowest BCUT2D eigenvalue weighted by molar-refractivity contribution is 0.411. The van der Waals surface area contributed by atoms with Crippen LogP contribution < -0.4 is 0 Å². The summed E-state index contributed by atoms with van der Waals surface area (Å²) in [5.41, 5.74) is 0. The Morgan fingerprint density at radius 3 is 2.92 bits per heavy atom. The molecule has 13 heavy (non-hydrogen) atoms. The molecule has 3 nitrogen and oxygen atoms in total. The van der Waals surface area contributed by atoms with E-state index in [1.54, 1.807) is 6.07 Å². The number of aromatic nitrogens is 2. The maximum atomic E-state index is 5.76. The Bertz CT molecular complexity index is 435. The molecule has 2 heterocycles. The molecule has 2 aromatic rings. The van der Waals surface area contributed by atoms with Crippen LogP contribution in [0, 0.1) is 0 Å². The third-order valence-corrected chi connectivity index (χ3v) is 2.64. The highest BCUT2D eigenvalue weighted by Crippen LogP contribution is 2.28. The summed E-state index contributed by atoms with van der Waals surface area (Å²) in [7, 11) is 0. The van der Waals surface area contributed by atoms with Gasteiger partial charge in [-0.25, -0.2) is 0 Å². The minimum atomic E-state index is 0.416. The highest BCUT2D eigenvalue weighted by molar-refractivity contribution is 7.19. The molecule has 66 valence electrons. The second-order valence-corrected chi connectivity index (χ2v) is 3.98. The first-order chi connectivity index (χ1) is 6.29. The molecule has 0 atom stereocenters. The third-order valence-electron chi connectivity index (χ3n) is 1.41. The molecule has 0 saturated carbocycles. The Balaban J connectivity index is 2.40. The Kier molecular flexibility index (Phi) is 2.16. The Labute approximate surface area is 83.7 Å². The molecule has 0 saturated heterocycles. The third kappa shape index (κ3) is 1.64. The minimum absolute atomic E-state index is 0.416. The van der Waals surface area contributed by atoms with Crippen molar-refractivity contribution in [1.82, 2.24) is 10.1 Å². The van der Waals surface area contributed by atoms with Gasteiger partial charge in [-0.1, -0.05) is 23.3 Å². The summed E-state index contributed by atoms with van der Waals surface area (Å²) in [4.78, 5) is 4.96. The van der Waals surface area contributed by atoms with Crippen molar-refractivity contribution in [2.24, 2.45) is 0 Å². The van der Waals surface area contributed by atoms with Gasteiger partial charge in [0.25, 0.3) is 0 Å². The number of rotatable bonds is 2. The fraction of sp³-hybridized carbons (Fsp3) is 0. The molecule has 0 unspecified atom stereocenters. The van der Waals surface area contributed by atoms with E-state index in [-0.39, 0.29) is 0 Å². The first-order valence-electron chi connectivity index (χ1n) is 3.51. The van der Waals surface area contributed by atoms with Crippen LogP contribution in [0.1, 0.15) is 5.89 Å². The molecule has 0 spiro atoms. The van der Waals surface area contributed by atoms with Crippen molar-refractivity contribution in [2.75, 3.05) is 0 Å². The molecular weight excluding hydrogens is 208 g/mol. The van der Waals surface area contributed by atoms with E-state index in [9.17, 15) is 0 Å². The lowest BCUT2D eigenvalue weighted by Gasteiger charge is -1.81. The standard InChI is InChI=1S/C8H5ClN2OS/c1-2-7-10-8(11-12-7)5-3-4-6(9)13-5/h2-4H,1H2. The van der Waals surface area contributed by atoms with Crippen LogP contribution in [0.3, 0.4) is 0 Å². The summed E-state index contributed by atoms with van der Waals surface area (Å²) >= 11 is 7.17. The largest absolute Gasteiger partial charge is 0.334 e. The SMILES string of the molecule is C=Cc1nc(-c2ccc(Cl)s2)no1. The fourth-order valence-electron chi connectivity index (χ4n) is 0.853. The molecule has 0 bridgehead atoms. The quantitative estimate of drug-likeness (QED) is 0.768. The summed E-state index contributed by atoms with van der Waals surface area (Å²) in [6.07, 6.45) is 1.51. The molecule has 2 aromatic heterocycles. The van der Waals surface area contributed by atoms with Gasteiger partial charge >= 0.3 is 0 Å². The minimum Gasteiger partial charge on any atom is -0.334 e. The number of halogens is 1. The van der Waals surface area contributed by atoms with Gasteiger partial charge in [0.05, 0.1) is 9.21 Å². The lowest BCUT2D eigenvalue weighted by Crippen LogP contribution is -1.73. The second kappa shape index (κ2) is 3.32. The molecule has 0 aliphatic heterocycles. The molecular formula is C8H5ClN2OS. The molecule has 0 radical (unpaired) electrons. The van der Waals surface area contributed by atoms with Gasteiger partial charge in [0, 0.05) is 0 Å². The van der Waals surface area contributed by atoms with E-state index in [0.717, 1.165) is 4.88 Å². The van der Waals surface area contributed by atoms with Crippen molar-refractivity contribution in [3.05, 3.63) is 28.9 Å². The number of hydrogen-bond donors (Lipinski definition) is 0. The van der Waals surface area contributed by atoms with Gasteiger partial charge in [0.1, 0.15) is 0 Å². The highest BCUT2D eigenvalue weighted by atomic mass is 35.5. The normalized spacial score (nSPS) is 10.2. The van der Waals surface area contributed by atoms with Crippen LogP contribution in [0.15, 0.2) is 23.2 Å². The molecule has 5 heteroatoms. The molecule has 0 amide bonds. The highest BCUT2D eigenvalue weighted by Gasteiger charge is 2.08. The predicted molar refractivity (Wildman–Crippen MR) is 52.7 cm³/mol. The topological polar surface area (TPSA) is 38.9 Å². The molecule has 0 fully saturated rings. The van der Waals surface area contributed by atoms with Crippen LogP contribution in [0.5, 0.6) is 0 Å². The first kappa shape index (κ1) is 8.47. The average Bonchev–Trinajstić information content (AvgIpc) is 2.71. The summed E-state index contributed by atoms with van der Waals surface area (Å²) in [5, 5.41) is 3.77. The second-order valence-electron chi connectivity index (χ2n) is 2.26. The number of nitrogens with zero attached hydrogens (tertiary/aromatic N) is 2. The van der Waals surface area contributed by atoms with Gasteiger partial charge in [-0.05, 0) is 18.2 Å². The Morgan fingerprint density at radius 1 is 1.54 bits per heavy atom. The summed E-state index contributed by atoms with van der Waals surface area (Å²) < 4.78 is 5.57. The average molecular weight is 213 g/mol. The van der Waals surface area contributed by atoms with E-state index < -0.39 is 0 Å². The zero-order valence-electron chi connectivity index (χ0n) is 6.53. The van der Waals surface area contributed by atoms with E-state index in [0.29, 0.717) is 16.1 Å². The van der Waals surface area contributed by atoms with Crippen LogP contribution in [0.25, 0.3) is 16.8 Å². The zero-order valence-corrected chi connectivity index (χ0v) is 8.10. The van der Waals surface area contributed by atoms with Crippen molar-refractivity contribution in [3.63, 3.8) is 0 Å². The predicted octanol–water partition coefficient (Wildman–Crippen LogP) is 3.09. The summed E-state index contributed by atoms with van der Waals surface area (Å²) in [6, 6.07) is 3.65. The van der Waals surface area contributed by atoms with Crippen LogP contribution >= 0.6 is 22.9 Å². The van der Waals surface area contributed by atoms with Crippen molar-refractivity contribution in [3.8, 4) is 10.7 Å². The molecule has 2 rings (SSSR count). The van der Waals surface area contributed by atoms with E-state index in [4.69, 9.17) is 16.1 Å². The molecule has 0 aromatic carbocycles. The monoisotopic (exact) mass is 212 g/mol. The molecule has 0 aliphatic rings. The lowest BCUT2D eigenvalue weighted by atomic mass is 10.4. The van der Waals surface area contributed by atoms with Crippen LogP contribution in [-0.2, 0) is 0 Å². The van der Waals surface area contributed by atoms with Gasteiger partial charge in [-0.2, -0.15) is 4.98 Å². The Hall–Kier alpha value is -1.13. The maximum absolute atomic E-state index is 5.76. The van der Waals surface area contributed by atoms with Gasteiger partial charge in [-0.3, -0.25) is 0 Å². The van der Waals surface area contributed by atoms with Crippen molar-refractivity contribution >= 4 is 29.0 Å². The Morgan fingerprint density at radius 2 is 2.38 bits per heavy atom. The molecule has 0 N–H and O–H groups in total. The van der Waals surface area contributed by atoms with E-state index in [2.05, 4.69) is 16.7 Å². The van der Waals surface area contributed by atoms with Crippen molar-refractivity contribution in [1.29, 1.82) is 0 Å². The zero-order chi connectivity index (χ0) is 9.26. The summed E-state index contributed by atoms with van der Waals surface area (Å²) in [6.45, 7) is 3.52. The van der Waals surface area contributed by atoms with E-state index in [1.807, 2.05) is 6.07 Å². The van der Waals surface area contributed by atoms with E-state index in [1.165, 1.54) is 17.4 Å². The summed E-state index contributed by atoms with van der Waals surface area (Å²) in [5.74, 6) is 0.964. The van der Waals surface area contributed by atoms with Gasteiger partial charge in [-0.15, -0.1) is 11.3 Å². The van der Waals surface area contributed by atoms with Crippen molar-refractivity contribution < 1.29 is 4.52 Å². The van der Waals surface area contributed by atoms with E-state index >= 15 is 0 Å². The van der Waals surface area contributed by atoms with Gasteiger partial charge in [0.2, 0.25) is 11.7 Å². The van der Waals surface area contributed by atoms with Crippen LogP contribution in [-0.4, -0.2) is 10.1 Å². The van der Waals surface area contributed by atoms with Gasteiger partial charge in [0.15, 0.2) is 0 Å². The number of hydrogen-bond acceptors (Lipinski definition) is 4. The molecule has 0 aliphatic carbocycles. The number of thiophene rings is 1. The van der Waals surface area contributed by atoms with Gasteiger partial charge < -0.3 is 4.52 Å². The van der Waals surface area contributed by atoms with Crippen LogP contribution in [0.4, 0.5) is 0 Å². The fourth-order valence-corrected chi connectivity index (χ4v) is 1.82.